The summed E-state index contributed by atoms with van der Waals surface area (Å²) < 4.78 is 0. The minimum absolute atomic E-state index is 0.0757. The van der Waals surface area contributed by atoms with Crippen molar-refractivity contribution in [3.63, 3.8) is 0 Å². The molecule has 1 aromatic carbocycles. The minimum atomic E-state index is -0.498. The van der Waals surface area contributed by atoms with Gasteiger partial charge in [0, 0.05) is 18.0 Å². The van der Waals surface area contributed by atoms with Crippen LogP contribution in [0.1, 0.15) is 19.4 Å². The highest BCUT2D eigenvalue weighted by Gasteiger charge is 2.21. The Labute approximate surface area is 93.2 Å². The SMILES string of the molecule is CC(C)(CN)c1ccc([N+](=O)[O-])c(Cl)c1. The number of benzene rings is 1. The number of nitro benzene ring substituents is 1. The second kappa shape index (κ2) is 4.16. The van der Waals surface area contributed by atoms with Gasteiger partial charge >= 0.3 is 0 Å². The topological polar surface area (TPSA) is 69.2 Å². The van der Waals surface area contributed by atoms with Gasteiger partial charge in [-0.2, -0.15) is 0 Å². The van der Waals surface area contributed by atoms with Gasteiger partial charge in [-0.05, 0) is 11.6 Å². The van der Waals surface area contributed by atoms with Gasteiger partial charge in [0.25, 0.3) is 5.69 Å². The predicted molar refractivity (Wildman–Crippen MR) is 60.2 cm³/mol. The van der Waals surface area contributed by atoms with E-state index < -0.39 is 4.92 Å². The van der Waals surface area contributed by atoms with E-state index in [1.807, 2.05) is 13.8 Å². The molecule has 2 N–H and O–H groups in total. The molecule has 0 saturated carbocycles. The molecule has 0 atom stereocenters. The van der Waals surface area contributed by atoms with E-state index in [1.54, 1.807) is 12.1 Å². The molecule has 0 amide bonds. The summed E-state index contributed by atoms with van der Waals surface area (Å²) in [6.45, 7) is 4.39. The van der Waals surface area contributed by atoms with Crippen LogP contribution in [-0.4, -0.2) is 11.5 Å². The maximum Gasteiger partial charge on any atom is 0.287 e. The molecule has 0 saturated heterocycles. The van der Waals surface area contributed by atoms with E-state index in [0.29, 0.717) is 6.54 Å². The zero-order valence-corrected chi connectivity index (χ0v) is 9.41. The lowest BCUT2D eigenvalue weighted by Gasteiger charge is -2.22. The highest BCUT2D eigenvalue weighted by atomic mass is 35.5. The molecule has 0 aliphatic carbocycles. The van der Waals surface area contributed by atoms with Crippen molar-refractivity contribution in [1.82, 2.24) is 0 Å². The van der Waals surface area contributed by atoms with Crippen LogP contribution >= 0.6 is 11.6 Å². The molecule has 0 heterocycles. The molecule has 0 aliphatic rings. The normalized spacial score (nSPS) is 11.5. The van der Waals surface area contributed by atoms with Crippen LogP contribution < -0.4 is 5.73 Å². The number of rotatable bonds is 3. The Balaban J connectivity index is 3.18. The van der Waals surface area contributed by atoms with Crippen molar-refractivity contribution >= 4 is 17.3 Å². The first-order valence-electron chi connectivity index (χ1n) is 4.53. The van der Waals surface area contributed by atoms with Crippen molar-refractivity contribution in [2.24, 2.45) is 5.73 Å². The van der Waals surface area contributed by atoms with Gasteiger partial charge in [-0.3, -0.25) is 10.1 Å². The Hall–Kier alpha value is -1.13. The molecule has 4 nitrogen and oxygen atoms in total. The number of nitrogens with zero attached hydrogens (tertiary/aromatic N) is 1. The van der Waals surface area contributed by atoms with Crippen molar-refractivity contribution in [3.05, 3.63) is 38.9 Å². The summed E-state index contributed by atoms with van der Waals surface area (Å²) in [7, 11) is 0. The Morgan fingerprint density at radius 1 is 1.53 bits per heavy atom. The molecule has 1 aromatic rings. The second-order valence-corrected chi connectivity index (χ2v) is 4.42. The standard InChI is InChI=1S/C10H13ClN2O2/c1-10(2,6-12)7-3-4-9(13(14)15)8(11)5-7/h3-5H,6,12H2,1-2H3. The third-order valence-electron chi connectivity index (χ3n) is 2.44. The van der Waals surface area contributed by atoms with E-state index in [9.17, 15) is 10.1 Å². The van der Waals surface area contributed by atoms with E-state index in [0.717, 1.165) is 5.56 Å². The number of hydrogen-bond donors (Lipinski definition) is 1. The average Bonchev–Trinajstić information content (AvgIpc) is 2.17. The van der Waals surface area contributed by atoms with Gasteiger partial charge in [-0.1, -0.05) is 31.5 Å². The summed E-state index contributed by atoms with van der Waals surface area (Å²) in [6.07, 6.45) is 0. The van der Waals surface area contributed by atoms with Gasteiger partial charge < -0.3 is 5.73 Å². The Morgan fingerprint density at radius 3 is 2.53 bits per heavy atom. The van der Waals surface area contributed by atoms with Crippen molar-refractivity contribution in [3.8, 4) is 0 Å². The summed E-state index contributed by atoms with van der Waals surface area (Å²) in [5, 5.41) is 10.7. The third kappa shape index (κ3) is 2.46. The maximum atomic E-state index is 10.5. The van der Waals surface area contributed by atoms with Crippen molar-refractivity contribution < 1.29 is 4.92 Å². The quantitative estimate of drug-likeness (QED) is 0.638. The molecule has 0 fully saturated rings. The average molecular weight is 229 g/mol. The van der Waals surface area contributed by atoms with E-state index >= 15 is 0 Å². The first kappa shape index (κ1) is 11.9. The molecule has 0 spiro atoms. The lowest BCUT2D eigenvalue weighted by atomic mass is 9.85. The van der Waals surface area contributed by atoms with Crippen molar-refractivity contribution in [1.29, 1.82) is 0 Å². The van der Waals surface area contributed by atoms with Gasteiger partial charge in [0.15, 0.2) is 0 Å². The molecule has 0 bridgehead atoms. The summed E-state index contributed by atoms with van der Waals surface area (Å²) in [6, 6.07) is 4.71. The minimum Gasteiger partial charge on any atom is -0.330 e. The molecular weight excluding hydrogens is 216 g/mol. The Bertz CT molecular complexity index is 391. The van der Waals surface area contributed by atoms with E-state index in [-0.39, 0.29) is 16.1 Å². The third-order valence-corrected chi connectivity index (χ3v) is 2.74. The summed E-state index contributed by atoms with van der Waals surface area (Å²) in [5.41, 5.74) is 6.21. The fourth-order valence-electron chi connectivity index (χ4n) is 1.19. The van der Waals surface area contributed by atoms with Crippen LogP contribution in [0, 0.1) is 10.1 Å². The first-order chi connectivity index (χ1) is 6.88. The molecule has 82 valence electrons. The zero-order valence-electron chi connectivity index (χ0n) is 8.66. The summed E-state index contributed by atoms with van der Waals surface area (Å²) in [4.78, 5) is 10.1. The van der Waals surface area contributed by atoms with Gasteiger partial charge in [0.1, 0.15) is 5.02 Å². The number of halogens is 1. The first-order valence-corrected chi connectivity index (χ1v) is 4.91. The molecule has 0 unspecified atom stereocenters. The second-order valence-electron chi connectivity index (χ2n) is 4.01. The van der Waals surface area contributed by atoms with Gasteiger partial charge in [-0.15, -0.1) is 0 Å². The Morgan fingerprint density at radius 2 is 2.13 bits per heavy atom. The Kier molecular flexibility index (Phi) is 3.31. The lowest BCUT2D eigenvalue weighted by molar-refractivity contribution is -0.384. The van der Waals surface area contributed by atoms with Crippen LogP contribution in [0.15, 0.2) is 18.2 Å². The number of hydrogen-bond acceptors (Lipinski definition) is 3. The highest BCUT2D eigenvalue weighted by Crippen LogP contribution is 2.30. The van der Waals surface area contributed by atoms with E-state index in [4.69, 9.17) is 17.3 Å². The van der Waals surface area contributed by atoms with Crippen LogP contribution in [0.5, 0.6) is 0 Å². The monoisotopic (exact) mass is 228 g/mol. The van der Waals surface area contributed by atoms with Gasteiger partial charge in [-0.25, -0.2) is 0 Å². The van der Waals surface area contributed by atoms with Crippen LogP contribution in [0.4, 0.5) is 5.69 Å². The van der Waals surface area contributed by atoms with Crippen LogP contribution in [0.2, 0.25) is 5.02 Å². The molecule has 0 aromatic heterocycles. The molecule has 5 heteroatoms. The molecular formula is C10H13ClN2O2. The van der Waals surface area contributed by atoms with Crippen molar-refractivity contribution in [2.75, 3.05) is 6.54 Å². The number of nitrogens with two attached hydrogens (primary N) is 1. The molecule has 1 rings (SSSR count). The lowest BCUT2D eigenvalue weighted by Crippen LogP contribution is -2.28. The molecule has 0 radical (unpaired) electrons. The van der Waals surface area contributed by atoms with E-state index in [1.165, 1.54) is 6.07 Å². The molecule has 15 heavy (non-hydrogen) atoms. The largest absolute Gasteiger partial charge is 0.330 e. The fraction of sp³-hybridized carbons (Fsp3) is 0.400. The highest BCUT2D eigenvalue weighted by molar-refractivity contribution is 6.32. The van der Waals surface area contributed by atoms with Gasteiger partial charge in [0.05, 0.1) is 4.92 Å². The van der Waals surface area contributed by atoms with Crippen molar-refractivity contribution in [2.45, 2.75) is 19.3 Å². The fourth-order valence-corrected chi connectivity index (χ4v) is 1.44. The summed E-state index contributed by atoms with van der Waals surface area (Å²) >= 11 is 5.80. The number of nitro groups is 1. The van der Waals surface area contributed by atoms with Crippen LogP contribution in [0.3, 0.4) is 0 Å². The maximum absolute atomic E-state index is 10.5. The smallest absolute Gasteiger partial charge is 0.287 e. The molecule has 0 aliphatic heterocycles. The van der Waals surface area contributed by atoms with Crippen LogP contribution in [0.25, 0.3) is 0 Å². The van der Waals surface area contributed by atoms with E-state index in [2.05, 4.69) is 0 Å². The van der Waals surface area contributed by atoms with Gasteiger partial charge in [0.2, 0.25) is 0 Å². The zero-order chi connectivity index (χ0) is 11.6. The predicted octanol–water partition coefficient (Wildman–Crippen LogP) is 2.48. The summed E-state index contributed by atoms with van der Waals surface area (Å²) in [5.74, 6) is 0. The van der Waals surface area contributed by atoms with Crippen LogP contribution in [-0.2, 0) is 5.41 Å².